The Morgan fingerprint density at radius 3 is 2.24 bits per heavy atom. The summed E-state index contributed by atoms with van der Waals surface area (Å²) in [5.41, 5.74) is 0. The van der Waals surface area contributed by atoms with Crippen LogP contribution in [0.5, 0.6) is 5.75 Å². The van der Waals surface area contributed by atoms with Crippen molar-refractivity contribution in [1.82, 2.24) is 5.32 Å². The second kappa shape index (κ2) is 7.22. The molecule has 0 fully saturated rings. The first-order chi connectivity index (χ1) is 8.15. The van der Waals surface area contributed by atoms with Gasteiger partial charge in [-0.15, -0.1) is 0 Å². The van der Waals surface area contributed by atoms with Crippen molar-refractivity contribution in [3.63, 3.8) is 0 Å². The van der Waals surface area contributed by atoms with Gasteiger partial charge < -0.3 is 10.1 Å². The van der Waals surface area contributed by atoms with Crippen LogP contribution in [0.3, 0.4) is 0 Å². The third-order valence-electron chi connectivity index (χ3n) is 2.63. The summed E-state index contributed by atoms with van der Waals surface area (Å²) in [6, 6.07) is 3.67. The predicted molar refractivity (Wildman–Crippen MR) is 64.2 cm³/mol. The molecular formula is C13H19F2NO. The van der Waals surface area contributed by atoms with Crippen molar-refractivity contribution < 1.29 is 13.5 Å². The number of hydrogen-bond acceptors (Lipinski definition) is 2. The maximum atomic E-state index is 12.8. The van der Waals surface area contributed by atoms with Gasteiger partial charge in [-0.3, -0.25) is 0 Å². The standard InChI is InChI=1S/C13H19F2NO/c1-3-12(4-2)16-5-6-17-13-8-10(14)7-11(15)9-13/h7-9,12,16H,3-6H2,1-2H3. The van der Waals surface area contributed by atoms with Gasteiger partial charge in [0.1, 0.15) is 24.0 Å². The Balaban J connectivity index is 2.31. The molecule has 1 N–H and O–H groups in total. The van der Waals surface area contributed by atoms with E-state index < -0.39 is 11.6 Å². The van der Waals surface area contributed by atoms with E-state index in [2.05, 4.69) is 19.2 Å². The molecule has 0 atom stereocenters. The Morgan fingerprint density at radius 2 is 1.71 bits per heavy atom. The molecule has 4 heteroatoms. The Labute approximate surface area is 101 Å². The highest BCUT2D eigenvalue weighted by molar-refractivity contribution is 5.23. The third kappa shape index (κ3) is 5.13. The van der Waals surface area contributed by atoms with Crippen LogP contribution in [-0.2, 0) is 0 Å². The Kier molecular flexibility index (Phi) is 5.91. The molecule has 0 aliphatic rings. The smallest absolute Gasteiger partial charge is 0.129 e. The summed E-state index contributed by atoms with van der Waals surface area (Å²) in [6.45, 7) is 5.30. The summed E-state index contributed by atoms with van der Waals surface area (Å²) in [7, 11) is 0. The van der Waals surface area contributed by atoms with E-state index in [-0.39, 0.29) is 5.75 Å². The van der Waals surface area contributed by atoms with E-state index in [1.807, 2.05) is 0 Å². The van der Waals surface area contributed by atoms with E-state index in [1.54, 1.807) is 0 Å². The van der Waals surface area contributed by atoms with Crippen molar-refractivity contribution in [2.75, 3.05) is 13.2 Å². The van der Waals surface area contributed by atoms with Crippen molar-refractivity contribution in [3.8, 4) is 5.75 Å². The van der Waals surface area contributed by atoms with E-state index in [9.17, 15) is 8.78 Å². The largest absolute Gasteiger partial charge is 0.492 e. The highest BCUT2D eigenvalue weighted by Gasteiger charge is 2.03. The molecule has 1 rings (SSSR count). The SMILES string of the molecule is CCC(CC)NCCOc1cc(F)cc(F)c1. The zero-order valence-electron chi connectivity index (χ0n) is 10.3. The van der Waals surface area contributed by atoms with Gasteiger partial charge in [-0.1, -0.05) is 13.8 Å². The molecule has 0 saturated heterocycles. The molecule has 0 amide bonds. The molecule has 17 heavy (non-hydrogen) atoms. The summed E-state index contributed by atoms with van der Waals surface area (Å²) in [5.74, 6) is -1.00. The summed E-state index contributed by atoms with van der Waals surface area (Å²) >= 11 is 0. The van der Waals surface area contributed by atoms with E-state index >= 15 is 0 Å². The summed E-state index contributed by atoms with van der Waals surface area (Å²) in [4.78, 5) is 0. The maximum absolute atomic E-state index is 12.8. The molecule has 2 nitrogen and oxygen atoms in total. The van der Waals surface area contributed by atoms with Crippen LogP contribution in [0.15, 0.2) is 18.2 Å². The van der Waals surface area contributed by atoms with E-state index in [0.717, 1.165) is 18.9 Å². The minimum atomic E-state index is -0.618. The summed E-state index contributed by atoms with van der Waals surface area (Å²) < 4.78 is 30.9. The highest BCUT2D eigenvalue weighted by Crippen LogP contribution is 2.14. The van der Waals surface area contributed by atoms with Crippen molar-refractivity contribution in [2.45, 2.75) is 32.7 Å². The molecule has 96 valence electrons. The first kappa shape index (κ1) is 13.9. The Morgan fingerprint density at radius 1 is 1.12 bits per heavy atom. The molecule has 0 radical (unpaired) electrons. The lowest BCUT2D eigenvalue weighted by Crippen LogP contribution is -2.31. The highest BCUT2D eigenvalue weighted by atomic mass is 19.1. The van der Waals surface area contributed by atoms with Gasteiger partial charge in [0, 0.05) is 30.8 Å². The van der Waals surface area contributed by atoms with Crippen LogP contribution >= 0.6 is 0 Å². The molecule has 0 unspecified atom stereocenters. The van der Waals surface area contributed by atoms with Crippen LogP contribution in [0.1, 0.15) is 26.7 Å². The lowest BCUT2D eigenvalue weighted by Gasteiger charge is -2.14. The van der Waals surface area contributed by atoms with Crippen LogP contribution in [0.25, 0.3) is 0 Å². The molecule has 1 aromatic rings. The number of nitrogens with one attached hydrogen (secondary N) is 1. The number of ether oxygens (including phenoxy) is 1. The van der Waals surface area contributed by atoms with Gasteiger partial charge in [0.15, 0.2) is 0 Å². The zero-order valence-corrected chi connectivity index (χ0v) is 10.3. The molecule has 0 bridgehead atoms. The number of rotatable bonds is 7. The Hall–Kier alpha value is -1.16. The second-order valence-electron chi connectivity index (χ2n) is 3.92. The minimum Gasteiger partial charge on any atom is -0.492 e. The second-order valence-corrected chi connectivity index (χ2v) is 3.92. The van der Waals surface area contributed by atoms with Gasteiger partial charge in [-0.05, 0) is 12.8 Å². The number of benzene rings is 1. The fourth-order valence-electron chi connectivity index (χ4n) is 1.62. The van der Waals surface area contributed by atoms with Gasteiger partial charge >= 0.3 is 0 Å². The number of hydrogen-bond donors (Lipinski definition) is 1. The third-order valence-corrected chi connectivity index (χ3v) is 2.63. The monoisotopic (exact) mass is 243 g/mol. The first-order valence-corrected chi connectivity index (χ1v) is 5.98. The summed E-state index contributed by atoms with van der Waals surface area (Å²) in [5, 5.41) is 3.31. The molecule has 0 spiro atoms. The summed E-state index contributed by atoms with van der Waals surface area (Å²) in [6.07, 6.45) is 2.12. The fourth-order valence-corrected chi connectivity index (χ4v) is 1.62. The van der Waals surface area contributed by atoms with Crippen molar-refractivity contribution in [2.24, 2.45) is 0 Å². The van der Waals surface area contributed by atoms with Gasteiger partial charge in [-0.25, -0.2) is 8.78 Å². The molecule has 1 aromatic carbocycles. The normalized spacial score (nSPS) is 10.9. The molecule has 0 aliphatic heterocycles. The molecule has 0 aromatic heterocycles. The number of halogens is 2. The van der Waals surface area contributed by atoms with Gasteiger partial charge in [0.05, 0.1) is 0 Å². The lowest BCUT2D eigenvalue weighted by molar-refractivity contribution is 0.299. The van der Waals surface area contributed by atoms with E-state index in [1.165, 1.54) is 12.1 Å². The molecule has 0 saturated carbocycles. The van der Waals surface area contributed by atoms with Crippen LogP contribution in [-0.4, -0.2) is 19.2 Å². The van der Waals surface area contributed by atoms with Gasteiger partial charge in [0.25, 0.3) is 0 Å². The predicted octanol–water partition coefficient (Wildman–Crippen LogP) is 3.12. The van der Waals surface area contributed by atoms with Crippen LogP contribution < -0.4 is 10.1 Å². The van der Waals surface area contributed by atoms with Crippen molar-refractivity contribution in [3.05, 3.63) is 29.8 Å². The van der Waals surface area contributed by atoms with Crippen molar-refractivity contribution >= 4 is 0 Å². The molecule has 0 heterocycles. The Bertz CT molecular complexity index is 320. The molecular weight excluding hydrogens is 224 g/mol. The fraction of sp³-hybridized carbons (Fsp3) is 0.538. The zero-order chi connectivity index (χ0) is 12.7. The van der Waals surface area contributed by atoms with E-state index in [4.69, 9.17) is 4.74 Å². The van der Waals surface area contributed by atoms with Gasteiger partial charge in [0.2, 0.25) is 0 Å². The van der Waals surface area contributed by atoms with Gasteiger partial charge in [-0.2, -0.15) is 0 Å². The minimum absolute atomic E-state index is 0.230. The lowest BCUT2D eigenvalue weighted by atomic mass is 10.2. The quantitative estimate of drug-likeness (QED) is 0.743. The van der Waals surface area contributed by atoms with E-state index in [0.29, 0.717) is 19.2 Å². The maximum Gasteiger partial charge on any atom is 0.129 e. The average molecular weight is 243 g/mol. The first-order valence-electron chi connectivity index (χ1n) is 5.98. The van der Waals surface area contributed by atoms with Crippen LogP contribution in [0.4, 0.5) is 8.78 Å². The van der Waals surface area contributed by atoms with Crippen LogP contribution in [0.2, 0.25) is 0 Å². The average Bonchev–Trinajstić information content (AvgIpc) is 2.28. The van der Waals surface area contributed by atoms with Crippen LogP contribution in [0, 0.1) is 11.6 Å². The van der Waals surface area contributed by atoms with Crippen molar-refractivity contribution in [1.29, 1.82) is 0 Å². The molecule has 0 aliphatic carbocycles. The topological polar surface area (TPSA) is 21.3 Å².